The first-order chi connectivity index (χ1) is 9.13. The third kappa shape index (κ3) is 2.29. The Morgan fingerprint density at radius 1 is 1.42 bits per heavy atom. The van der Waals surface area contributed by atoms with Gasteiger partial charge in [0, 0.05) is 23.1 Å². The van der Waals surface area contributed by atoms with Gasteiger partial charge in [-0.3, -0.25) is 4.79 Å². The Morgan fingerprint density at radius 2 is 2.26 bits per heavy atom. The third-order valence-electron chi connectivity index (χ3n) is 3.03. The molecule has 1 aliphatic heterocycles. The monoisotopic (exact) mass is 277 g/mol. The third-order valence-corrected chi connectivity index (χ3v) is 3.25. The summed E-state index contributed by atoms with van der Waals surface area (Å²) in [5, 5.41) is 4.64. The molecule has 0 spiro atoms. The fourth-order valence-electron chi connectivity index (χ4n) is 2.20. The van der Waals surface area contributed by atoms with Crippen LogP contribution >= 0.6 is 11.6 Å². The predicted octanol–water partition coefficient (Wildman–Crippen LogP) is 1.46. The van der Waals surface area contributed by atoms with Crippen molar-refractivity contribution in [2.75, 3.05) is 12.3 Å². The number of ether oxygens (including phenoxy) is 1. The number of nitrogens with two attached hydrogens (primary N) is 1. The van der Waals surface area contributed by atoms with Crippen LogP contribution in [0.3, 0.4) is 0 Å². The molecule has 1 aliphatic rings. The van der Waals surface area contributed by atoms with E-state index in [0.29, 0.717) is 24.0 Å². The highest BCUT2D eigenvalue weighted by Gasteiger charge is 2.18. The number of aromatic nitrogens is 2. The van der Waals surface area contributed by atoms with Crippen molar-refractivity contribution in [1.29, 1.82) is 0 Å². The summed E-state index contributed by atoms with van der Waals surface area (Å²) in [7, 11) is 0. The molecule has 1 aromatic carbocycles. The van der Waals surface area contributed by atoms with Gasteiger partial charge in [0.05, 0.1) is 13.2 Å². The summed E-state index contributed by atoms with van der Waals surface area (Å²) in [6, 6.07) is 6.57. The molecule has 0 radical (unpaired) electrons. The van der Waals surface area contributed by atoms with Gasteiger partial charge in [-0.15, -0.1) is 0 Å². The largest absolute Gasteiger partial charge is 0.493 e. The number of anilines is 1. The van der Waals surface area contributed by atoms with E-state index in [2.05, 4.69) is 5.10 Å². The molecular weight excluding hydrogens is 266 g/mol. The first-order valence-electron chi connectivity index (χ1n) is 5.91. The van der Waals surface area contributed by atoms with E-state index in [1.54, 1.807) is 6.07 Å². The molecule has 3 rings (SSSR count). The van der Waals surface area contributed by atoms with Gasteiger partial charge in [-0.2, -0.15) is 5.10 Å². The summed E-state index contributed by atoms with van der Waals surface area (Å²) >= 11 is 6.08. The van der Waals surface area contributed by atoms with Crippen molar-refractivity contribution in [3.63, 3.8) is 0 Å². The van der Waals surface area contributed by atoms with Crippen LogP contribution in [0.2, 0.25) is 5.02 Å². The minimum absolute atomic E-state index is 0.207. The van der Waals surface area contributed by atoms with Gasteiger partial charge in [0.15, 0.2) is 0 Å². The van der Waals surface area contributed by atoms with Gasteiger partial charge in [0.25, 0.3) is 5.56 Å². The van der Waals surface area contributed by atoms with Crippen LogP contribution in [0.5, 0.6) is 5.75 Å². The summed E-state index contributed by atoms with van der Waals surface area (Å²) < 4.78 is 6.90. The highest BCUT2D eigenvalue weighted by Crippen LogP contribution is 2.33. The Labute approximate surface area is 114 Å². The van der Waals surface area contributed by atoms with Crippen LogP contribution in [0.1, 0.15) is 11.1 Å². The van der Waals surface area contributed by atoms with Gasteiger partial charge in [-0.1, -0.05) is 11.6 Å². The molecule has 2 N–H and O–H groups in total. The second-order valence-electron chi connectivity index (χ2n) is 4.41. The van der Waals surface area contributed by atoms with Crippen LogP contribution in [-0.2, 0) is 13.0 Å². The van der Waals surface area contributed by atoms with E-state index >= 15 is 0 Å². The lowest BCUT2D eigenvalue weighted by Gasteiger charge is -2.10. The molecule has 0 atom stereocenters. The number of halogens is 1. The van der Waals surface area contributed by atoms with Crippen molar-refractivity contribution in [3.8, 4) is 5.75 Å². The smallest absolute Gasteiger partial charge is 0.267 e. The number of hydrogen-bond acceptors (Lipinski definition) is 4. The molecule has 0 fully saturated rings. The van der Waals surface area contributed by atoms with Gasteiger partial charge in [0.2, 0.25) is 0 Å². The average Bonchev–Trinajstić information content (AvgIpc) is 2.82. The first-order valence-corrected chi connectivity index (χ1v) is 6.29. The lowest BCUT2D eigenvalue weighted by Crippen LogP contribution is -2.23. The molecule has 0 amide bonds. The van der Waals surface area contributed by atoms with E-state index in [1.165, 1.54) is 16.8 Å². The minimum atomic E-state index is -0.207. The van der Waals surface area contributed by atoms with Gasteiger partial charge in [-0.05, 0) is 23.8 Å². The summed E-state index contributed by atoms with van der Waals surface area (Å²) in [4.78, 5) is 11.7. The number of fused-ring (bicyclic) bond motifs is 1. The van der Waals surface area contributed by atoms with Gasteiger partial charge in [0.1, 0.15) is 11.6 Å². The van der Waals surface area contributed by atoms with Gasteiger partial charge in [-0.25, -0.2) is 4.68 Å². The Morgan fingerprint density at radius 3 is 3.11 bits per heavy atom. The Bertz CT molecular complexity index is 697. The topological polar surface area (TPSA) is 70.1 Å². The van der Waals surface area contributed by atoms with Crippen LogP contribution in [0.15, 0.2) is 29.1 Å². The maximum absolute atomic E-state index is 11.7. The molecule has 0 unspecified atom stereocenters. The second kappa shape index (κ2) is 4.59. The fraction of sp³-hybridized carbons (Fsp3) is 0.231. The Kier molecular flexibility index (Phi) is 2.91. The minimum Gasteiger partial charge on any atom is -0.493 e. The number of nitrogen functional groups attached to an aromatic ring is 1. The molecule has 5 nitrogen and oxygen atoms in total. The molecular formula is C13H12ClN3O2. The number of nitrogens with zero attached hydrogens (tertiary/aromatic N) is 2. The first kappa shape index (κ1) is 12.0. The van der Waals surface area contributed by atoms with Crippen molar-refractivity contribution in [2.45, 2.75) is 13.0 Å². The van der Waals surface area contributed by atoms with E-state index in [-0.39, 0.29) is 5.56 Å². The lowest BCUT2D eigenvalue weighted by molar-refractivity contribution is 0.352. The molecule has 6 heteroatoms. The van der Waals surface area contributed by atoms with Crippen LogP contribution in [0.25, 0.3) is 0 Å². The van der Waals surface area contributed by atoms with E-state index in [0.717, 1.165) is 23.3 Å². The quantitative estimate of drug-likeness (QED) is 0.902. The van der Waals surface area contributed by atoms with Crippen molar-refractivity contribution in [1.82, 2.24) is 9.78 Å². The molecule has 0 aliphatic carbocycles. The van der Waals surface area contributed by atoms with Crippen molar-refractivity contribution >= 4 is 17.4 Å². The maximum atomic E-state index is 11.7. The zero-order valence-electron chi connectivity index (χ0n) is 10.1. The molecule has 0 saturated carbocycles. The summed E-state index contributed by atoms with van der Waals surface area (Å²) in [6.45, 7) is 0.939. The number of hydrogen-bond donors (Lipinski definition) is 1. The molecule has 0 bridgehead atoms. The maximum Gasteiger partial charge on any atom is 0.267 e. The van der Waals surface area contributed by atoms with Gasteiger partial charge >= 0.3 is 0 Å². The van der Waals surface area contributed by atoms with Crippen molar-refractivity contribution in [2.24, 2.45) is 0 Å². The summed E-state index contributed by atoms with van der Waals surface area (Å²) in [5.41, 5.74) is 7.30. The molecule has 19 heavy (non-hydrogen) atoms. The summed E-state index contributed by atoms with van der Waals surface area (Å²) in [6.07, 6.45) is 0.835. The average molecular weight is 278 g/mol. The van der Waals surface area contributed by atoms with E-state index in [9.17, 15) is 4.79 Å². The zero-order chi connectivity index (χ0) is 13.4. The van der Waals surface area contributed by atoms with Crippen molar-refractivity contribution < 1.29 is 4.74 Å². The molecule has 98 valence electrons. The van der Waals surface area contributed by atoms with Gasteiger partial charge < -0.3 is 10.5 Å². The SMILES string of the molecule is Nc1ccc(=O)n(Cc2cc(Cl)cc3c2OCC3)n1. The van der Waals surface area contributed by atoms with Crippen LogP contribution in [0.4, 0.5) is 5.82 Å². The molecule has 2 heterocycles. The molecule has 2 aromatic rings. The van der Waals surface area contributed by atoms with E-state index in [4.69, 9.17) is 22.1 Å². The van der Waals surface area contributed by atoms with E-state index < -0.39 is 0 Å². The van der Waals surface area contributed by atoms with Crippen molar-refractivity contribution in [3.05, 3.63) is 50.8 Å². The highest BCUT2D eigenvalue weighted by atomic mass is 35.5. The van der Waals surface area contributed by atoms with Crippen LogP contribution in [-0.4, -0.2) is 16.4 Å². The number of rotatable bonds is 2. The second-order valence-corrected chi connectivity index (χ2v) is 4.84. The van der Waals surface area contributed by atoms with Crippen LogP contribution in [0, 0.1) is 0 Å². The standard InChI is InChI=1S/C13H12ClN3O2/c14-10-5-8-3-4-19-13(8)9(6-10)7-17-12(18)2-1-11(15)16-17/h1-2,5-6H,3-4,7H2,(H2,15,16). The normalized spacial score (nSPS) is 13.1. The Hall–Kier alpha value is -2.01. The summed E-state index contributed by atoms with van der Waals surface area (Å²) in [5.74, 6) is 1.11. The zero-order valence-corrected chi connectivity index (χ0v) is 10.9. The Balaban J connectivity index is 2.04. The lowest BCUT2D eigenvalue weighted by atomic mass is 10.1. The highest BCUT2D eigenvalue weighted by molar-refractivity contribution is 6.30. The molecule has 0 saturated heterocycles. The fourth-order valence-corrected chi connectivity index (χ4v) is 2.47. The number of benzene rings is 1. The predicted molar refractivity (Wildman–Crippen MR) is 72.7 cm³/mol. The van der Waals surface area contributed by atoms with Crippen LogP contribution < -0.4 is 16.0 Å². The van der Waals surface area contributed by atoms with E-state index in [1.807, 2.05) is 6.07 Å². The molecule has 1 aromatic heterocycles.